The Morgan fingerprint density at radius 3 is 2.58 bits per heavy atom. The van der Waals surface area contributed by atoms with Crippen molar-refractivity contribution in [2.75, 3.05) is 0 Å². The standard InChI is InChI=1S/C11H15I/c1-4-8(2)10-6-5-9(3)11(12)7-10/h5-8H,4H2,1-3H3. The van der Waals surface area contributed by atoms with E-state index < -0.39 is 0 Å². The van der Waals surface area contributed by atoms with Gasteiger partial charge in [-0.05, 0) is 59.0 Å². The second kappa shape index (κ2) is 4.26. The van der Waals surface area contributed by atoms with Gasteiger partial charge in [0.1, 0.15) is 0 Å². The molecule has 0 saturated carbocycles. The Balaban J connectivity index is 2.96. The first-order valence-corrected chi connectivity index (χ1v) is 5.49. The molecule has 12 heavy (non-hydrogen) atoms. The maximum atomic E-state index is 2.40. The lowest BCUT2D eigenvalue weighted by atomic mass is 9.98. The van der Waals surface area contributed by atoms with Crippen LogP contribution in [0.25, 0.3) is 0 Å². The summed E-state index contributed by atoms with van der Waals surface area (Å²) >= 11 is 2.40. The van der Waals surface area contributed by atoms with E-state index in [1.54, 1.807) is 0 Å². The highest BCUT2D eigenvalue weighted by Crippen LogP contribution is 2.22. The summed E-state index contributed by atoms with van der Waals surface area (Å²) in [5, 5.41) is 0. The topological polar surface area (TPSA) is 0 Å². The summed E-state index contributed by atoms with van der Waals surface area (Å²) in [6, 6.07) is 6.75. The van der Waals surface area contributed by atoms with Crippen molar-refractivity contribution < 1.29 is 0 Å². The van der Waals surface area contributed by atoms with E-state index in [0.29, 0.717) is 5.92 Å². The van der Waals surface area contributed by atoms with Crippen molar-refractivity contribution in [1.29, 1.82) is 0 Å². The van der Waals surface area contributed by atoms with E-state index in [-0.39, 0.29) is 0 Å². The number of aryl methyl sites for hydroxylation is 1. The van der Waals surface area contributed by atoms with Crippen LogP contribution in [0.5, 0.6) is 0 Å². The Bertz CT molecular complexity index is 266. The molecule has 0 spiro atoms. The first-order chi connectivity index (χ1) is 5.65. The molecule has 0 N–H and O–H groups in total. The fourth-order valence-electron chi connectivity index (χ4n) is 1.15. The summed E-state index contributed by atoms with van der Waals surface area (Å²) < 4.78 is 1.38. The largest absolute Gasteiger partial charge is 0.0648 e. The minimum atomic E-state index is 0.694. The summed E-state index contributed by atoms with van der Waals surface area (Å²) in [6.07, 6.45) is 1.22. The first kappa shape index (κ1) is 10.0. The van der Waals surface area contributed by atoms with Gasteiger partial charge in [0.2, 0.25) is 0 Å². The lowest BCUT2D eigenvalue weighted by Gasteiger charge is -2.09. The van der Waals surface area contributed by atoms with Crippen LogP contribution < -0.4 is 0 Å². The highest BCUT2D eigenvalue weighted by atomic mass is 127. The summed E-state index contributed by atoms with van der Waals surface area (Å²) in [4.78, 5) is 0. The molecule has 0 nitrogen and oxygen atoms in total. The fraction of sp³-hybridized carbons (Fsp3) is 0.455. The third kappa shape index (κ3) is 2.22. The minimum absolute atomic E-state index is 0.694. The van der Waals surface area contributed by atoms with Crippen molar-refractivity contribution in [3.63, 3.8) is 0 Å². The van der Waals surface area contributed by atoms with Gasteiger partial charge in [-0.15, -0.1) is 0 Å². The first-order valence-electron chi connectivity index (χ1n) is 4.41. The van der Waals surface area contributed by atoms with Crippen molar-refractivity contribution in [3.05, 3.63) is 32.9 Å². The Morgan fingerprint density at radius 2 is 2.08 bits per heavy atom. The zero-order valence-electron chi connectivity index (χ0n) is 7.89. The number of hydrogen-bond donors (Lipinski definition) is 0. The van der Waals surface area contributed by atoms with Crippen LogP contribution in [0.15, 0.2) is 18.2 Å². The highest BCUT2D eigenvalue weighted by Gasteiger charge is 2.03. The predicted molar refractivity (Wildman–Crippen MR) is 62.6 cm³/mol. The smallest absolute Gasteiger partial charge is 0.0162 e. The molecule has 0 aromatic heterocycles. The van der Waals surface area contributed by atoms with Gasteiger partial charge in [-0.2, -0.15) is 0 Å². The van der Waals surface area contributed by atoms with Crippen LogP contribution in [0.3, 0.4) is 0 Å². The van der Waals surface area contributed by atoms with Gasteiger partial charge in [-0.3, -0.25) is 0 Å². The molecule has 1 heteroatoms. The van der Waals surface area contributed by atoms with Crippen LogP contribution in [0.1, 0.15) is 37.3 Å². The van der Waals surface area contributed by atoms with Gasteiger partial charge < -0.3 is 0 Å². The average molecular weight is 274 g/mol. The molecule has 66 valence electrons. The molecule has 0 aliphatic rings. The van der Waals surface area contributed by atoms with Crippen LogP contribution in [0.4, 0.5) is 0 Å². The SMILES string of the molecule is CCC(C)c1ccc(C)c(I)c1. The van der Waals surface area contributed by atoms with Crippen LogP contribution in [0, 0.1) is 10.5 Å². The maximum Gasteiger partial charge on any atom is 0.0162 e. The molecule has 1 rings (SSSR count). The molecule has 0 saturated heterocycles. The van der Waals surface area contributed by atoms with Crippen LogP contribution in [0.2, 0.25) is 0 Å². The van der Waals surface area contributed by atoms with Crippen molar-refractivity contribution in [1.82, 2.24) is 0 Å². The Labute approximate surface area is 88.5 Å². The molecular formula is C11H15I. The molecule has 1 aromatic carbocycles. The van der Waals surface area contributed by atoms with Gasteiger partial charge in [-0.1, -0.05) is 26.0 Å². The lowest BCUT2D eigenvalue weighted by molar-refractivity contribution is 0.733. The molecule has 0 amide bonds. The molecule has 0 aliphatic carbocycles. The van der Waals surface area contributed by atoms with Crippen LogP contribution in [-0.2, 0) is 0 Å². The Morgan fingerprint density at radius 1 is 1.42 bits per heavy atom. The molecule has 1 atom stereocenters. The van der Waals surface area contributed by atoms with Gasteiger partial charge in [0.05, 0.1) is 0 Å². The third-order valence-electron chi connectivity index (χ3n) is 2.38. The minimum Gasteiger partial charge on any atom is -0.0648 e. The Kier molecular flexibility index (Phi) is 3.56. The maximum absolute atomic E-state index is 2.40. The van der Waals surface area contributed by atoms with Gasteiger partial charge in [-0.25, -0.2) is 0 Å². The second-order valence-corrected chi connectivity index (χ2v) is 4.48. The fourth-order valence-corrected chi connectivity index (χ4v) is 1.69. The molecule has 0 fully saturated rings. The second-order valence-electron chi connectivity index (χ2n) is 3.32. The normalized spacial score (nSPS) is 13.0. The Hall–Kier alpha value is -0.0500. The number of hydrogen-bond acceptors (Lipinski definition) is 0. The predicted octanol–water partition coefficient (Wildman–Crippen LogP) is 4.11. The highest BCUT2D eigenvalue weighted by molar-refractivity contribution is 14.1. The van der Waals surface area contributed by atoms with E-state index in [9.17, 15) is 0 Å². The zero-order chi connectivity index (χ0) is 9.14. The van der Waals surface area contributed by atoms with Crippen molar-refractivity contribution >= 4 is 22.6 Å². The van der Waals surface area contributed by atoms with Gasteiger partial charge in [0.25, 0.3) is 0 Å². The summed E-state index contributed by atoms with van der Waals surface area (Å²) in [6.45, 7) is 6.67. The van der Waals surface area contributed by atoms with Crippen LogP contribution in [-0.4, -0.2) is 0 Å². The molecule has 0 bridgehead atoms. The van der Waals surface area contributed by atoms with E-state index in [2.05, 4.69) is 61.6 Å². The van der Waals surface area contributed by atoms with E-state index in [1.807, 2.05) is 0 Å². The molecule has 1 unspecified atom stereocenters. The summed E-state index contributed by atoms with van der Waals surface area (Å²) in [5.41, 5.74) is 2.84. The molecule has 0 heterocycles. The number of halogens is 1. The van der Waals surface area contributed by atoms with Crippen LogP contribution >= 0.6 is 22.6 Å². The third-order valence-corrected chi connectivity index (χ3v) is 3.54. The average Bonchev–Trinajstić information content (AvgIpc) is 2.08. The molecule has 0 aliphatic heterocycles. The molecule has 0 radical (unpaired) electrons. The van der Waals surface area contributed by atoms with E-state index >= 15 is 0 Å². The van der Waals surface area contributed by atoms with Crippen molar-refractivity contribution in [2.45, 2.75) is 33.1 Å². The number of rotatable bonds is 2. The van der Waals surface area contributed by atoms with Gasteiger partial charge in [0.15, 0.2) is 0 Å². The van der Waals surface area contributed by atoms with E-state index in [4.69, 9.17) is 0 Å². The summed E-state index contributed by atoms with van der Waals surface area (Å²) in [5.74, 6) is 0.694. The van der Waals surface area contributed by atoms with E-state index in [1.165, 1.54) is 21.1 Å². The van der Waals surface area contributed by atoms with Gasteiger partial charge >= 0.3 is 0 Å². The summed E-state index contributed by atoms with van der Waals surface area (Å²) in [7, 11) is 0. The quantitative estimate of drug-likeness (QED) is 0.712. The van der Waals surface area contributed by atoms with E-state index in [0.717, 1.165) is 0 Å². The van der Waals surface area contributed by atoms with Crippen molar-refractivity contribution in [3.8, 4) is 0 Å². The molecule has 1 aromatic rings. The number of benzene rings is 1. The monoisotopic (exact) mass is 274 g/mol. The van der Waals surface area contributed by atoms with Crippen molar-refractivity contribution in [2.24, 2.45) is 0 Å². The van der Waals surface area contributed by atoms with Gasteiger partial charge in [0, 0.05) is 3.57 Å². The zero-order valence-corrected chi connectivity index (χ0v) is 10.1. The molecular weight excluding hydrogens is 259 g/mol. The lowest BCUT2D eigenvalue weighted by Crippen LogP contribution is -1.92.